The molecule has 1 aliphatic rings. The summed E-state index contributed by atoms with van der Waals surface area (Å²) >= 11 is 0. The maximum atomic E-state index is 12.8. The number of nitrogen functional groups attached to an aromatic ring is 1. The third-order valence-corrected chi connectivity index (χ3v) is 2.32. The molecule has 0 bridgehead atoms. The van der Waals surface area contributed by atoms with E-state index in [2.05, 4.69) is 0 Å². The number of anilines is 1. The first-order valence-corrected chi connectivity index (χ1v) is 4.47. The molecular weight excluding hydrogens is 169 g/mol. The van der Waals surface area contributed by atoms with Crippen LogP contribution in [0.3, 0.4) is 0 Å². The second kappa shape index (κ2) is 3.24. The zero-order valence-corrected chi connectivity index (χ0v) is 7.29. The molecular formula is C10H12FNO. The van der Waals surface area contributed by atoms with Crippen molar-refractivity contribution in [3.05, 3.63) is 24.0 Å². The van der Waals surface area contributed by atoms with Crippen LogP contribution in [0.1, 0.15) is 19.3 Å². The number of rotatable bonds is 2. The average molecular weight is 181 g/mol. The summed E-state index contributed by atoms with van der Waals surface area (Å²) in [5.74, 6) is 0.174. The summed E-state index contributed by atoms with van der Waals surface area (Å²) in [7, 11) is 0. The standard InChI is InChI=1S/C10H12FNO/c11-7-4-5-9(12)10(6-7)13-8-2-1-3-8/h4-6,8H,1-3,12H2. The van der Waals surface area contributed by atoms with Gasteiger partial charge in [0.2, 0.25) is 0 Å². The van der Waals surface area contributed by atoms with Gasteiger partial charge in [-0.15, -0.1) is 0 Å². The number of hydrogen-bond donors (Lipinski definition) is 1. The summed E-state index contributed by atoms with van der Waals surface area (Å²) in [5.41, 5.74) is 6.13. The van der Waals surface area contributed by atoms with Gasteiger partial charge in [-0.05, 0) is 31.4 Å². The molecule has 0 radical (unpaired) electrons. The van der Waals surface area contributed by atoms with Gasteiger partial charge >= 0.3 is 0 Å². The van der Waals surface area contributed by atoms with Crippen molar-refractivity contribution in [2.24, 2.45) is 0 Å². The fourth-order valence-electron chi connectivity index (χ4n) is 1.28. The highest BCUT2D eigenvalue weighted by Crippen LogP contribution is 2.29. The Morgan fingerprint density at radius 3 is 2.77 bits per heavy atom. The highest BCUT2D eigenvalue weighted by atomic mass is 19.1. The van der Waals surface area contributed by atoms with Crippen LogP contribution in [0.2, 0.25) is 0 Å². The molecule has 0 spiro atoms. The Hall–Kier alpha value is -1.25. The van der Waals surface area contributed by atoms with Crippen molar-refractivity contribution >= 4 is 5.69 Å². The summed E-state index contributed by atoms with van der Waals surface area (Å²) in [4.78, 5) is 0. The van der Waals surface area contributed by atoms with Gasteiger partial charge in [-0.25, -0.2) is 4.39 Å². The largest absolute Gasteiger partial charge is 0.488 e. The molecule has 1 fully saturated rings. The molecule has 1 aromatic carbocycles. The first kappa shape index (κ1) is 8.35. The minimum Gasteiger partial charge on any atom is -0.488 e. The predicted molar refractivity (Wildman–Crippen MR) is 49.1 cm³/mol. The van der Waals surface area contributed by atoms with E-state index in [9.17, 15) is 4.39 Å². The van der Waals surface area contributed by atoms with Crippen molar-refractivity contribution in [3.63, 3.8) is 0 Å². The van der Waals surface area contributed by atoms with Crippen LogP contribution in [0.15, 0.2) is 18.2 Å². The molecule has 2 rings (SSSR count). The zero-order chi connectivity index (χ0) is 9.26. The number of halogens is 1. The zero-order valence-electron chi connectivity index (χ0n) is 7.29. The van der Waals surface area contributed by atoms with E-state index in [0.717, 1.165) is 12.8 Å². The van der Waals surface area contributed by atoms with Gasteiger partial charge in [-0.1, -0.05) is 0 Å². The van der Waals surface area contributed by atoms with Crippen LogP contribution in [-0.4, -0.2) is 6.10 Å². The monoisotopic (exact) mass is 181 g/mol. The molecule has 1 aromatic rings. The fraction of sp³-hybridized carbons (Fsp3) is 0.400. The lowest BCUT2D eigenvalue weighted by Gasteiger charge is -2.26. The molecule has 0 aliphatic heterocycles. The van der Waals surface area contributed by atoms with Crippen molar-refractivity contribution in [1.29, 1.82) is 0 Å². The second-order valence-electron chi connectivity index (χ2n) is 3.35. The van der Waals surface area contributed by atoms with E-state index in [-0.39, 0.29) is 11.9 Å². The van der Waals surface area contributed by atoms with Crippen molar-refractivity contribution in [2.75, 3.05) is 5.73 Å². The van der Waals surface area contributed by atoms with Crippen molar-refractivity contribution in [3.8, 4) is 5.75 Å². The van der Waals surface area contributed by atoms with E-state index in [1.807, 2.05) is 0 Å². The van der Waals surface area contributed by atoms with Crippen LogP contribution < -0.4 is 10.5 Å². The van der Waals surface area contributed by atoms with Gasteiger partial charge in [0.05, 0.1) is 11.8 Å². The van der Waals surface area contributed by atoms with Gasteiger partial charge in [-0.3, -0.25) is 0 Å². The van der Waals surface area contributed by atoms with Crippen molar-refractivity contribution in [2.45, 2.75) is 25.4 Å². The van der Waals surface area contributed by atoms with Crippen LogP contribution >= 0.6 is 0 Å². The van der Waals surface area contributed by atoms with E-state index in [1.165, 1.54) is 24.6 Å². The van der Waals surface area contributed by atoms with Crippen LogP contribution in [0.25, 0.3) is 0 Å². The maximum Gasteiger partial charge on any atom is 0.145 e. The van der Waals surface area contributed by atoms with E-state index >= 15 is 0 Å². The Morgan fingerprint density at radius 1 is 1.38 bits per heavy atom. The third kappa shape index (κ3) is 1.74. The van der Waals surface area contributed by atoms with E-state index in [4.69, 9.17) is 10.5 Å². The molecule has 0 heterocycles. The summed E-state index contributed by atoms with van der Waals surface area (Å²) in [5, 5.41) is 0. The second-order valence-corrected chi connectivity index (χ2v) is 3.35. The van der Waals surface area contributed by atoms with Crippen molar-refractivity contribution in [1.82, 2.24) is 0 Å². The Morgan fingerprint density at radius 2 is 2.15 bits per heavy atom. The Labute approximate surface area is 76.5 Å². The van der Waals surface area contributed by atoms with Crippen LogP contribution in [0.4, 0.5) is 10.1 Å². The summed E-state index contributed by atoms with van der Waals surface area (Å²) in [6.45, 7) is 0. The highest BCUT2D eigenvalue weighted by molar-refractivity contribution is 5.52. The molecule has 2 nitrogen and oxygen atoms in total. The Balaban J connectivity index is 2.13. The van der Waals surface area contributed by atoms with E-state index in [0.29, 0.717) is 11.4 Å². The van der Waals surface area contributed by atoms with E-state index < -0.39 is 0 Å². The molecule has 70 valence electrons. The lowest BCUT2D eigenvalue weighted by Crippen LogP contribution is -2.24. The predicted octanol–water partition coefficient (Wildman–Crippen LogP) is 2.34. The Bertz CT molecular complexity index is 310. The highest BCUT2D eigenvalue weighted by Gasteiger charge is 2.20. The van der Waals surface area contributed by atoms with Crippen LogP contribution in [0.5, 0.6) is 5.75 Å². The van der Waals surface area contributed by atoms with Gasteiger partial charge in [0.25, 0.3) is 0 Å². The molecule has 0 amide bonds. The number of benzene rings is 1. The molecule has 0 unspecified atom stereocenters. The molecule has 1 aliphatic carbocycles. The van der Waals surface area contributed by atoms with Crippen LogP contribution in [-0.2, 0) is 0 Å². The molecule has 3 heteroatoms. The first-order chi connectivity index (χ1) is 6.25. The lowest BCUT2D eigenvalue weighted by atomic mass is 9.96. The molecule has 0 atom stereocenters. The van der Waals surface area contributed by atoms with Crippen LogP contribution in [0, 0.1) is 5.82 Å². The molecule has 2 N–H and O–H groups in total. The van der Waals surface area contributed by atoms with Gasteiger partial charge in [0.1, 0.15) is 11.6 Å². The normalized spacial score (nSPS) is 16.7. The number of ether oxygens (including phenoxy) is 1. The molecule has 1 saturated carbocycles. The minimum atomic E-state index is -0.302. The summed E-state index contributed by atoms with van der Waals surface area (Å²) in [6.07, 6.45) is 3.54. The van der Waals surface area contributed by atoms with Crippen molar-refractivity contribution < 1.29 is 9.13 Å². The summed E-state index contributed by atoms with van der Waals surface area (Å²) < 4.78 is 18.3. The third-order valence-electron chi connectivity index (χ3n) is 2.32. The molecule has 13 heavy (non-hydrogen) atoms. The fourth-order valence-corrected chi connectivity index (χ4v) is 1.28. The van der Waals surface area contributed by atoms with Gasteiger partial charge < -0.3 is 10.5 Å². The smallest absolute Gasteiger partial charge is 0.145 e. The minimum absolute atomic E-state index is 0.240. The lowest BCUT2D eigenvalue weighted by molar-refractivity contribution is 0.121. The SMILES string of the molecule is Nc1ccc(F)cc1OC1CCC1. The topological polar surface area (TPSA) is 35.2 Å². The number of nitrogens with two attached hydrogens (primary N) is 1. The quantitative estimate of drug-likeness (QED) is 0.711. The van der Waals surface area contributed by atoms with Gasteiger partial charge in [0, 0.05) is 6.07 Å². The molecule has 0 saturated heterocycles. The summed E-state index contributed by atoms with van der Waals surface area (Å²) in [6, 6.07) is 4.21. The van der Waals surface area contributed by atoms with Gasteiger partial charge in [0.15, 0.2) is 0 Å². The first-order valence-electron chi connectivity index (χ1n) is 4.47. The number of hydrogen-bond acceptors (Lipinski definition) is 2. The Kier molecular flexibility index (Phi) is 2.08. The van der Waals surface area contributed by atoms with E-state index in [1.54, 1.807) is 0 Å². The van der Waals surface area contributed by atoms with Gasteiger partial charge in [-0.2, -0.15) is 0 Å². The maximum absolute atomic E-state index is 12.8. The molecule has 0 aromatic heterocycles. The average Bonchev–Trinajstić information content (AvgIpc) is 2.03.